The molecule has 4 atom stereocenters. The van der Waals surface area contributed by atoms with E-state index in [1.54, 1.807) is 11.1 Å². The van der Waals surface area contributed by atoms with Crippen LogP contribution in [0.25, 0.3) is 0 Å². The van der Waals surface area contributed by atoms with Crippen molar-refractivity contribution in [2.75, 3.05) is 0 Å². The third kappa shape index (κ3) is 2.63. The van der Waals surface area contributed by atoms with Crippen molar-refractivity contribution in [3.8, 4) is 0 Å². The van der Waals surface area contributed by atoms with Crippen LogP contribution in [0.15, 0.2) is 47.6 Å². The first-order valence-electron chi connectivity index (χ1n) is 7.98. The molecule has 2 fully saturated rings. The van der Waals surface area contributed by atoms with Gasteiger partial charge in [0.15, 0.2) is 0 Å². The Morgan fingerprint density at radius 1 is 1.21 bits per heavy atom. The molecule has 0 heterocycles. The third-order valence-corrected chi connectivity index (χ3v) is 5.35. The van der Waals surface area contributed by atoms with Gasteiger partial charge in [-0.25, -0.2) is 0 Å². The van der Waals surface area contributed by atoms with Crippen LogP contribution in [-0.4, -0.2) is 0 Å². The maximum absolute atomic E-state index is 2.37. The zero-order valence-corrected chi connectivity index (χ0v) is 12.3. The minimum Gasteiger partial charge on any atom is -0.0878 e. The monoisotopic (exact) mass is 254 g/mol. The summed E-state index contributed by atoms with van der Waals surface area (Å²) in [6.45, 7) is 4.51. The Morgan fingerprint density at radius 3 is 2.68 bits per heavy atom. The zero-order valence-electron chi connectivity index (χ0n) is 12.3. The van der Waals surface area contributed by atoms with Gasteiger partial charge in [-0.2, -0.15) is 0 Å². The molecule has 2 bridgehead atoms. The van der Waals surface area contributed by atoms with E-state index in [1.165, 1.54) is 32.1 Å². The fourth-order valence-electron chi connectivity index (χ4n) is 4.15. The average Bonchev–Trinajstić information content (AvgIpc) is 3.15. The second kappa shape index (κ2) is 5.53. The smallest absolute Gasteiger partial charge is 0.00174 e. The van der Waals surface area contributed by atoms with E-state index in [0.717, 1.165) is 23.7 Å². The normalized spacial score (nSPS) is 40.1. The third-order valence-electron chi connectivity index (χ3n) is 5.35. The molecule has 0 spiro atoms. The fourth-order valence-corrected chi connectivity index (χ4v) is 4.15. The van der Waals surface area contributed by atoms with Gasteiger partial charge in [-0.05, 0) is 62.7 Å². The Labute approximate surface area is 118 Å². The molecule has 0 radical (unpaired) electrons. The predicted octanol–water partition coefficient (Wildman–Crippen LogP) is 5.45. The van der Waals surface area contributed by atoms with Gasteiger partial charge >= 0.3 is 0 Å². The second-order valence-electron chi connectivity index (χ2n) is 6.56. The molecule has 0 heteroatoms. The van der Waals surface area contributed by atoms with E-state index in [1.807, 2.05) is 0 Å². The van der Waals surface area contributed by atoms with Gasteiger partial charge in [0.2, 0.25) is 0 Å². The molecule has 2 saturated carbocycles. The van der Waals surface area contributed by atoms with E-state index in [4.69, 9.17) is 0 Å². The van der Waals surface area contributed by atoms with Crippen LogP contribution in [0.2, 0.25) is 0 Å². The molecule has 4 rings (SSSR count). The average molecular weight is 254 g/mol. The van der Waals surface area contributed by atoms with E-state index < -0.39 is 0 Å². The SMILES string of the molecule is CC1CCC2CC=CC=C12.CC=C1CC2C=CC1C2. The Bertz CT molecular complexity index is 447. The van der Waals surface area contributed by atoms with Crippen LogP contribution >= 0.6 is 0 Å². The van der Waals surface area contributed by atoms with Crippen LogP contribution in [0.5, 0.6) is 0 Å². The molecule has 0 amide bonds. The highest BCUT2D eigenvalue weighted by molar-refractivity contribution is 5.26. The van der Waals surface area contributed by atoms with Crippen molar-refractivity contribution < 1.29 is 0 Å². The standard InChI is InChI=1S/C10H14.C9H12/c1-8-6-7-9-4-2-3-5-10(8)9;1-2-8-5-7-3-4-9(8)6-7/h2-3,5,8-9H,4,6-7H2,1H3;2-4,7,9H,5-6H2,1H3. The van der Waals surface area contributed by atoms with Crippen molar-refractivity contribution in [1.29, 1.82) is 0 Å². The van der Waals surface area contributed by atoms with Gasteiger partial charge in [-0.15, -0.1) is 0 Å². The Morgan fingerprint density at radius 2 is 2.11 bits per heavy atom. The lowest BCUT2D eigenvalue weighted by Gasteiger charge is -2.14. The van der Waals surface area contributed by atoms with Crippen molar-refractivity contribution >= 4 is 0 Å². The number of allylic oxidation sites excluding steroid dienone is 8. The summed E-state index contributed by atoms with van der Waals surface area (Å²) >= 11 is 0. The van der Waals surface area contributed by atoms with Crippen LogP contribution in [-0.2, 0) is 0 Å². The number of hydrogen-bond acceptors (Lipinski definition) is 0. The first-order valence-corrected chi connectivity index (χ1v) is 7.98. The highest BCUT2D eigenvalue weighted by Crippen LogP contribution is 2.42. The zero-order chi connectivity index (χ0) is 13.2. The summed E-state index contributed by atoms with van der Waals surface area (Å²) in [6.07, 6.45) is 20.8. The molecular formula is C19H26. The summed E-state index contributed by atoms with van der Waals surface area (Å²) in [4.78, 5) is 0. The van der Waals surface area contributed by atoms with Crippen molar-refractivity contribution in [1.82, 2.24) is 0 Å². The Balaban J connectivity index is 0.000000117. The summed E-state index contributed by atoms with van der Waals surface area (Å²) in [5.41, 5.74) is 3.38. The first-order chi connectivity index (χ1) is 9.28. The summed E-state index contributed by atoms with van der Waals surface area (Å²) in [5, 5.41) is 0. The lowest BCUT2D eigenvalue weighted by molar-refractivity contribution is 0.632. The maximum Gasteiger partial charge on any atom is -0.00174 e. The molecule has 19 heavy (non-hydrogen) atoms. The van der Waals surface area contributed by atoms with Gasteiger partial charge < -0.3 is 0 Å². The minimum atomic E-state index is 0.833. The highest BCUT2D eigenvalue weighted by atomic mass is 14.3. The molecule has 4 unspecified atom stereocenters. The molecule has 0 aromatic carbocycles. The maximum atomic E-state index is 2.37. The summed E-state index contributed by atoms with van der Waals surface area (Å²) in [7, 11) is 0. The molecule has 0 aromatic heterocycles. The quantitative estimate of drug-likeness (QED) is 0.504. The molecule has 0 N–H and O–H groups in total. The van der Waals surface area contributed by atoms with Gasteiger partial charge in [0.05, 0.1) is 0 Å². The molecular weight excluding hydrogens is 228 g/mol. The van der Waals surface area contributed by atoms with Gasteiger partial charge in [-0.3, -0.25) is 0 Å². The number of rotatable bonds is 0. The summed E-state index contributed by atoms with van der Waals surface area (Å²) < 4.78 is 0. The van der Waals surface area contributed by atoms with E-state index >= 15 is 0 Å². The van der Waals surface area contributed by atoms with Crippen LogP contribution in [0.1, 0.15) is 46.0 Å². The van der Waals surface area contributed by atoms with Crippen molar-refractivity contribution in [2.24, 2.45) is 23.7 Å². The van der Waals surface area contributed by atoms with Crippen molar-refractivity contribution in [3.63, 3.8) is 0 Å². The summed E-state index contributed by atoms with van der Waals surface area (Å²) in [6, 6.07) is 0. The number of fused-ring (bicyclic) bond motifs is 3. The highest BCUT2D eigenvalue weighted by Gasteiger charge is 2.29. The van der Waals surface area contributed by atoms with Crippen LogP contribution in [0, 0.1) is 23.7 Å². The Kier molecular flexibility index (Phi) is 3.77. The second-order valence-corrected chi connectivity index (χ2v) is 6.56. The van der Waals surface area contributed by atoms with Gasteiger partial charge in [0.25, 0.3) is 0 Å². The van der Waals surface area contributed by atoms with Gasteiger partial charge in [0.1, 0.15) is 0 Å². The van der Waals surface area contributed by atoms with E-state index in [9.17, 15) is 0 Å². The Hall–Kier alpha value is -1.04. The first kappa shape index (κ1) is 13.0. The van der Waals surface area contributed by atoms with Crippen molar-refractivity contribution in [2.45, 2.75) is 46.0 Å². The fraction of sp³-hybridized carbons (Fsp3) is 0.579. The minimum absolute atomic E-state index is 0.833. The topological polar surface area (TPSA) is 0 Å². The largest absolute Gasteiger partial charge is 0.0878 e. The molecule has 0 aliphatic heterocycles. The van der Waals surface area contributed by atoms with Crippen LogP contribution < -0.4 is 0 Å². The summed E-state index contributed by atoms with van der Waals surface area (Å²) in [5.74, 6) is 3.52. The lowest BCUT2D eigenvalue weighted by atomic mass is 9.91. The molecule has 0 aromatic rings. The van der Waals surface area contributed by atoms with Gasteiger partial charge in [-0.1, -0.05) is 54.5 Å². The molecule has 4 aliphatic carbocycles. The molecule has 4 aliphatic rings. The lowest BCUT2D eigenvalue weighted by Crippen LogP contribution is -2.00. The number of hydrogen-bond donors (Lipinski definition) is 0. The van der Waals surface area contributed by atoms with Crippen molar-refractivity contribution in [3.05, 3.63) is 47.6 Å². The molecule has 0 nitrogen and oxygen atoms in total. The van der Waals surface area contributed by atoms with E-state index in [-0.39, 0.29) is 0 Å². The molecule has 102 valence electrons. The molecule has 0 saturated heterocycles. The van der Waals surface area contributed by atoms with Crippen LogP contribution in [0.3, 0.4) is 0 Å². The van der Waals surface area contributed by atoms with E-state index in [2.05, 4.69) is 50.3 Å². The predicted molar refractivity (Wildman–Crippen MR) is 82.8 cm³/mol. The van der Waals surface area contributed by atoms with Crippen LogP contribution in [0.4, 0.5) is 0 Å². The van der Waals surface area contributed by atoms with E-state index in [0.29, 0.717) is 0 Å². The van der Waals surface area contributed by atoms with Gasteiger partial charge in [0, 0.05) is 0 Å².